The van der Waals surface area contributed by atoms with Crippen LogP contribution in [-0.2, 0) is 11.3 Å². The molecule has 2 aromatic rings. The van der Waals surface area contributed by atoms with Gasteiger partial charge in [-0.3, -0.25) is 14.5 Å². The number of rotatable bonds is 12. The molecule has 0 spiro atoms. The van der Waals surface area contributed by atoms with Gasteiger partial charge in [0.25, 0.3) is 5.91 Å². The highest BCUT2D eigenvalue weighted by Gasteiger charge is 2.19. The summed E-state index contributed by atoms with van der Waals surface area (Å²) >= 11 is 0. The van der Waals surface area contributed by atoms with Gasteiger partial charge < -0.3 is 19.9 Å². The molecule has 2 amide bonds. The molecule has 1 fully saturated rings. The van der Waals surface area contributed by atoms with Crippen molar-refractivity contribution < 1.29 is 14.3 Å². The van der Waals surface area contributed by atoms with Crippen LogP contribution in [0.2, 0.25) is 0 Å². The highest BCUT2D eigenvalue weighted by molar-refractivity contribution is 5.94. The van der Waals surface area contributed by atoms with Gasteiger partial charge in [-0.1, -0.05) is 30.3 Å². The van der Waals surface area contributed by atoms with Crippen LogP contribution >= 0.6 is 0 Å². The zero-order valence-corrected chi connectivity index (χ0v) is 20.5. The van der Waals surface area contributed by atoms with Crippen molar-refractivity contribution in [1.29, 1.82) is 0 Å². The SMILES string of the molecule is CN(C)C(=O)CN1CCN(CCCCCOc2ccc(C(=O)NCc3ccccc3)cc2)CC1. The Kier molecular flexibility index (Phi) is 10.4. The molecule has 0 radical (unpaired) electrons. The minimum absolute atomic E-state index is 0.0828. The van der Waals surface area contributed by atoms with E-state index >= 15 is 0 Å². The predicted molar refractivity (Wildman–Crippen MR) is 135 cm³/mol. The van der Waals surface area contributed by atoms with Crippen molar-refractivity contribution in [1.82, 2.24) is 20.0 Å². The maximum atomic E-state index is 12.3. The molecule has 184 valence electrons. The van der Waals surface area contributed by atoms with E-state index in [0.29, 0.717) is 25.3 Å². The number of ether oxygens (including phenoxy) is 1. The molecule has 3 rings (SSSR count). The number of hydrogen-bond acceptors (Lipinski definition) is 5. The van der Waals surface area contributed by atoms with Gasteiger partial charge in [0.15, 0.2) is 0 Å². The Balaban J connectivity index is 1.24. The van der Waals surface area contributed by atoms with Crippen LogP contribution < -0.4 is 10.1 Å². The zero-order chi connectivity index (χ0) is 24.2. The van der Waals surface area contributed by atoms with Crippen LogP contribution in [0.3, 0.4) is 0 Å². The summed E-state index contributed by atoms with van der Waals surface area (Å²) in [6.07, 6.45) is 3.29. The number of likely N-dealkylation sites (N-methyl/N-ethyl adjacent to an activating group) is 1. The van der Waals surface area contributed by atoms with Crippen LogP contribution in [0.15, 0.2) is 54.6 Å². The van der Waals surface area contributed by atoms with Gasteiger partial charge in [0.05, 0.1) is 13.2 Å². The Morgan fingerprint density at radius 3 is 2.24 bits per heavy atom. The number of carbonyl (C=O) groups is 2. The molecule has 7 heteroatoms. The second-order valence-electron chi connectivity index (χ2n) is 9.01. The highest BCUT2D eigenvalue weighted by Crippen LogP contribution is 2.13. The van der Waals surface area contributed by atoms with Gasteiger partial charge in [0.2, 0.25) is 5.91 Å². The topological polar surface area (TPSA) is 65.1 Å². The van der Waals surface area contributed by atoms with E-state index in [9.17, 15) is 9.59 Å². The monoisotopic (exact) mass is 466 g/mol. The average molecular weight is 467 g/mol. The van der Waals surface area contributed by atoms with Crippen molar-refractivity contribution >= 4 is 11.8 Å². The third-order valence-electron chi connectivity index (χ3n) is 6.12. The predicted octanol–water partition coefficient (Wildman–Crippen LogP) is 2.87. The summed E-state index contributed by atoms with van der Waals surface area (Å²) in [6, 6.07) is 17.2. The molecule has 0 aromatic heterocycles. The van der Waals surface area contributed by atoms with E-state index in [1.807, 2.05) is 56.6 Å². The van der Waals surface area contributed by atoms with E-state index in [1.165, 1.54) is 0 Å². The minimum Gasteiger partial charge on any atom is -0.494 e. The summed E-state index contributed by atoms with van der Waals surface area (Å²) in [5, 5.41) is 2.94. The van der Waals surface area contributed by atoms with Crippen molar-refractivity contribution in [2.75, 3.05) is 60.0 Å². The summed E-state index contributed by atoms with van der Waals surface area (Å²) in [4.78, 5) is 30.5. The maximum Gasteiger partial charge on any atom is 0.251 e. The lowest BCUT2D eigenvalue weighted by Crippen LogP contribution is -2.49. The molecule has 7 nitrogen and oxygen atoms in total. The molecule has 0 unspecified atom stereocenters. The second-order valence-corrected chi connectivity index (χ2v) is 9.01. The number of benzene rings is 2. The smallest absolute Gasteiger partial charge is 0.251 e. The van der Waals surface area contributed by atoms with Crippen molar-refractivity contribution in [2.24, 2.45) is 0 Å². The third kappa shape index (κ3) is 8.80. The Morgan fingerprint density at radius 1 is 0.882 bits per heavy atom. The normalized spacial score (nSPS) is 14.5. The molecule has 1 heterocycles. The Morgan fingerprint density at radius 2 is 1.56 bits per heavy atom. The van der Waals surface area contributed by atoms with Crippen LogP contribution in [0.25, 0.3) is 0 Å². The number of nitrogens with zero attached hydrogens (tertiary/aromatic N) is 3. The first kappa shape index (κ1) is 25.7. The van der Waals surface area contributed by atoms with Gasteiger partial charge in [-0.2, -0.15) is 0 Å². The Labute approximate surface area is 203 Å². The number of nitrogens with one attached hydrogen (secondary N) is 1. The number of unbranched alkanes of at least 4 members (excludes halogenated alkanes) is 2. The third-order valence-corrected chi connectivity index (χ3v) is 6.12. The number of amides is 2. The minimum atomic E-state index is -0.0828. The van der Waals surface area contributed by atoms with E-state index in [-0.39, 0.29) is 11.8 Å². The number of piperazine rings is 1. The van der Waals surface area contributed by atoms with Crippen LogP contribution in [0.4, 0.5) is 0 Å². The molecule has 2 aromatic carbocycles. The lowest BCUT2D eigenvalue weighted by Gasteiger charge is -2.34. The summed E-state index contributed by atoms with van der Waals surface area (Å²) in [5.74, 6) is 0.887. The molecular formula is C27H38N4O3. The fourth-order valence-corrected chi connectivity index (χ4v) is 3.89. The largest absolute Gasteiger partial charge is 0.494 e. The van der Waals surface area contributed by atoms with Crippen molar-refractivity contribution in [3.63, 3.8) is 0 Å². The number of hydrogen-bond donors (Lipinski definition) is 1. The standard InChI is InChI=1S/C27H38N4O3/c1-29(2)26(32)22-31-18-16-30(17-19-31)15-7-4-8-20-34-25-13-11-24(12-14-25)27(33)28-21-23-9-5-3-6-10-23/h3,5-6,9-14H,4,7-8,15-22H2,1-2H3,(H,28,33). The van der Waals surface area contributed by atoms with Crippen LogP contribution in [0.1, 0.15) is 35.2 Å². The average Bonchev–Trinajstić information content (AvgIpc) is 2.86. The maximum absolute atomic E-state index is 12.3. The van der Waals surface area contributed by atoms with E-state index in [1.54, 1.807) is 17.0 Å². The first-order chi connectivity index (χ1) is 16.5. The molecule has 0 atom stereocenters. The van der Waals surface area contributed by atoms with Crippen LogP contribution in [-0.4, -0.2) is 86.5 Å². The van der Waals surface area contributed by atoms with Gasteiger partial charge >= 0.3 is 0 Å². The first-order valence-electron chi connectivity index (χ1n) is 12.2. The Bertz CT molecular complexity index is 879. The number of carbonyl (C=O) groups excluding carboxylic acids is 2. The molecule has 1 saturated heterocycles. The lowest BCUT2D eigenvalue weighted by molar-refractivity contribution is -0.130. The molecule has 1 N–H and O–H groups in total. The Hall–Kier alpha value is -2.90. The summed E-state index contributed by atoms with van der Waals surface area (Å²) < 4.78 is 5.84. The highest BCUT2D eigenvalue weighted by atomic mass is 16.5. The van der Waals surface area contributed by atoms with Gasteiger partial charge in [-0.15, -0.1) is 0 Å². The first-order valence-corrected chi connectivity index (χ1v) is 12.2. The fourth-order valence-electron chi connectivity index (χ4n) is 3.89. The van der Waals surface area contributed by atoms with Gasteiger partial charge in [0.1, 0.15) is 5.75 Å². The summed E-state index contributed by atoms with van der Waals surface area (Å²) in [7, 11) is 3.62. The van der Waals surface area contributed by atoms with E-state index in [4.69, 9.17) is 4.74 Å². The van der Waals surface area contributed by atoms with Crippen molar-refractivity contribution in [3.8, 4) is 5.75 Å². The lowest BCUT2D eigenvalue weighted by atomic mass is 10.2. The second kappa shape index (κ2) is 13.7. The molecule has 0 bridgehead atoms. The molecule has 0 aliphatic carbocycles. The zero-order valence-electron chi connectivity index (χ0n) is 20.5. The van der Waals surface area contributed by atoms with Crippen molar-refractivity contribution in [2.45, 2.75) is 25.8 Å². The summed E-state index contributed by atoms with van der Waals surface area (Å²) in [6.45, 7) is 6.81. The molecule has 0 saturated carbocycles. The molecular weight excluding hydrogens is 428 g/mol. The van der Waals surface area contributed by atoms with Crippen molar-refractivity contribution in [3.05, 3.63) is 65.7 Å². The van der Waals surface area contributed by atoms with E-state index in [2.05, 4.69) is 15.1 Å². The van der Waals surface area contributed by atoms with Gasteiger partial charge in [0, 0.05) is 52.4 Å². The van der Waals surface area contributed by atoms with E-state index in [0.717, 1.165) is 63.3 Å². The van der Waals surface area contributed by atoms with Crippen LogP contribution in [0, 0.1) is 0 Å². The molecule has 1 aliphatic heterocycles. The molecule has 34 heavy (non-hydrogen) atoms. The molecule has 1 aliphatic rings. The quantitative estimate of drug-likeness (QED) is 0.488. The van der Waals surface area contributed by atoms with Gasteiger partial charge in [-0.05, 0) is 55.6 Å². The summed E-state index contributed by atoms with van der Waals surface area (Å²) in [5.41, 5.74) is 1.71. The fraction of sp³-hybridized carbons (Fsp3) is 0.481. The van der Waals surface area contributed by atoms with Gasteiger partial charge in [-0.25, -0.2) is 0 Å². The van der Waals surface area contributed by atoms with E-state index < -0.39 is 0 Å². The van der Waals surface area contributed by atoms with Crippen LogP contribution in [0.5, 0.6) is 5.75 Å².